The third kappa shape index (κ3) is 3.93. The standard InChI is InChI=1S/C15H28N2O2/c1-10(2)14(18)7-8-16-15(19)13-9-11-5-3-4-6-12(11)17-13/h10-14,17-18H,3-9H2,1-2H3,(H,16,19). The van der Waals surface area contributed by atoms with Crippen molar-refractivity contribution in [2.45, 2.75) is 70.6 Å². The van der Waals surface area contributed by atoms with Gasteiger partial charge in [-0.15, -0.1) is 0 Å². The van der Waals surface area contributed by atoms with Crippen LogP contribution >= 0.6 is 0 Å². The van der Waals surface area contributed by atoms with Crippen LogP contribution in [0.3, 0.4) is 0 Å². The van der Waals surface area contributed by atoms with Gasteiger partial charge in [-0.25, -0.2) is 0 Å². The highest BCUT2D eigenvalue weighted by atomic mass is 16.3. The molecule has 1 aliphatic carbocycles. The molecule has 19 heavy (non-hydrogen) atoms. The van der Waals surface area contributed by atoms with Gasteiger partial charge in [0.1, 0.15) is 0 Å². The number of hydrogen-bond donors (Lipinski definition) is 3. The van der Waals surface area contributed by atoms with Crippen LogP contribution in [-0.2, 0) is 4.79 Å². The summed E-state index contributed by atoms with van der Waals surface area (Å²) in [5.74, 6) is 1.07. The van der Waals surface area contributed by atoms with Crippen LogP contribution in [0.15, 0.2) is 0 Å². The minimum atomic E-state index is -0.320. The largest absolute Gasteiger partial charge is 0.393 e. The Hall–Kier alpha value is -0.610. The van der Waals surface area contributed by atoms with Crippen molar-refractivity contribution < 1.29 is 9.90 Å². The SMILES string of the molecule is CC(C)C(O)CCNC(=O)C1CC2CCCCC2N1. The molecule has 0 bridgehead atoms. The first-order chi connectivity index (χ1) is 9.08. The molecule has 1 aliphatic heterocycles. The zero-order valence-corrected chi connectivity index (χ0v) is 12.2. The van der Waals surface area contributed by atoms with Crippen LogP contribution in [0.1, 0.15) is 52.4 Å². The highest BCUT2D eigenvalue weighted by molar-refractivity contribution is 5.82. The number of carbonyl (C=O) groups excluding carboxylic acids is 1. The molecule has 4 nitrogen and oxygen atoms in total. The average Bonchev–Trinajstić information content (AvgIpc) is 2.82. The molecule has 1 amide bonds. The van der Waals surface area contributed by atoms with Gasteiger partial charge in [-0.2, -0.15) is 0 Å². The summed E-state index contributed by atoms with van der Waals surface area (Å²) in [6.07, 6.45) is 6.42. The number of aliphatic hydroxyl groups excluding tert-OH is 1. The lowest BCUT2D eigenvalue weighted by molar-refractivity contribution is -0.123. The Labute approximate surface area is 116 Å². The Morgan fingerprint density at radius 3 is 2.79 bits per heavy atom. The summed E-state index contributed by atoms with van der Waals surface area (Å²) in [4.78, 5) is 12.1. The molecule has 0 radical (unpaired) electrons. The predicted octanol–water partition coefficient (Wildman–Crippen LogP) is 1.43. The van der Waals surface area contributed by atoms with Crippen LogP contribution in [0.2, 0.25) is 0 Å². The molecule has 0 aromatic rings. The van der Waals surface area contributed by atoms with Crippen molar-refractivity contribution in [1.82, 2.24) is 10.6 Å². The normalized spacial score (nSPS) is 32.1. The smallest absolute Gasteiger partial charge is 0.237 e. The number of nitrogens with one attached hydrogen (secondary N) is 2. The summed E-state index contributed by atoms with van der Waals surface area (Å²) in [5.41, 5.74) is 0. The van der Waals surface area contributed by atoms with Crippen molar-refractivity contribution in [3.8, 4) is 0 Å². The molecule has 3 N–H and O–H groups in total. The third-order valence-electron chi connectivity index (χ3n) is 4.69. The Kier molecular flexibility index (Phi) is 5.22. The molecule has 1 saturated heterocycles. The highest BCUT2D eigenvalue weighted by Gasteiger charge is 2.37. The second kappa shape index (κ2) is 6.71. The summed E-state index contributed by atoms with van der Waals surface area (Å²) < 4.78 is 0. The van der Waals surface area contributed by atoms with E-state index in [0.717, 1.165) is 6.42 Å². The van der Waals surface area contributed by atoms with Crippen molar-refractivity contribution in [2.24, 2.45) is 11.8 Å². The van der Waals surface area contributed by atoms with Crippen LogP contribution < -0.4 is 10.6 Å². The van der Waals surface area contributed by atoms with Crippen molar-refractivity contribution in [2.75, 3.05) is 6.54 Å². The van der Waals surface area contributed by atoms with Gasteiger partial charge in [0, 0.05) is 12.6 Å². The topological polar surface area (TPSA) is 61.4 Å². The molecular weight excluding hydrogens is 240 g/mol. The number of rotatable bonds is 5. The Morgan fingerprint density at radius 1 is 1.37 bits per heavy atom. The van der Waals surface area contributed by atoms with E-state index in [1.54, 1.807) is 0 Å². The van der Waals surface area contributed by atoms with E-state index >= 15 is 0 Å². The molecule has 0 aromatic carbocycles. The van der Waals surface area contributed by atoms with Gasteiger partial charge in [0.05, 0.1) is 12.1 Å². The molecular formula is C15H28N2O2. The molecule has 2 rings (SSSR count). The molecule has 4 heteroatoms. The number of amides is 1. The molecule has 4 unspecified atom stereocenters. The zero-order valence-electron chi connectivity index (χ0n) is 12.2. The van der Waals surface area contributed by atoms with Crippen molar-refractivity contribution in [1.29, 1.82) is 0 Å². The van der Waals surface area contributed by atoms with Crippen LogP contribution in [0.5, 0.6) is 0 Å². The quantitative estimate of drug-likeness (QED) is 0.707. The van der Waals surface area contributed by atoms with E-state index < -0.39 is 0 Å². The molecule has 0 spiro atoms. The highest BCUT2D eigenvalue weighted by Crippen LogP contribution is 2.33. The maximum absolute atomic E-state index is 12.1. The van der Waals surface area contributed by atoms with Gasteiger partial charge in [-0.3, -0.25) is 4.79 Å². The molecule has 2 aliphatic rings. The minimum Gasteiger partial charge on any atom is -0.393 e. The number of hydrogen-bond acceptors (Lipinski definition) is 3. The zero-order chi connectivity index (χ0) is 13.8. The molecule has 4 atom stereocenters. The van der Waals surface area contributed by atoms with E-state index in [4.69, 9.17) is 0 Å². The van der Waals surface area contributed by atoms with E-state index in [2.05, 4.69) is 10.6 Å². The van der Waals surface area contributed by atoms with E-state index in [9.17, 15) is 9.90 Å². The van der Waals surface area contributed by atoms with Crippen molar-refractivity contribution in [3.63, 3.8) is 0 Å². The Bertz CT molecular complexity index is 293. The van der Waals surface area contributed by atoms with Gasteiger partial charge in [-0.05, 0) is 37.5 Å². The summed E-state index contributed by atoms with van der Waals surface area (Å²) in [6, 6.07) is 0.551. The summed E-state index contributed by atoms with van der Waals surface area (Å²) >= 11 is 0. The number of fused-ring (bicyclic) bond motifs is 1. The van der Waals surface area contributed by atoms with Crippen LogP contribution in [0.25, 0.3) is 0 Å². The Balaban J connectivity index is 1.69. The van der Waals surface area contributed by atoms with Crippen LogP contribution in [0.4, 0.5) is 0 Å². The number of carbonyl (C=O) groups is 1. The van der Waals surface area contributed by atoms with Gasteiger partial charge >= 0.3 is 0 Å². The van der Waals surface area contributed by atoms with Gasteiger partial charge in [0.25, 0.3) is 0 Å². The second-order valence-corrected chi connectivity index (χ2v) is 6.50. The van der Waals surface area contributed by atoms with Crippen molar-refractivity contribution >= 4 is 5.91 Å². The molecule has 110 valence electrons. The fourth-order valence-electron chi connectivity index (χ4n) is 3.32. The Morgan fingerprint density at radius 2 is 2.11 bits per heavy atom. The maximum Gasteiger partial charge on any atom is 0.237 e. The minimum absolute atomic E-state index is 0.00991. The van der Waals surface area contributed by atoms with Crippen molar-refractivity contribution in [3.05, 3.63) is 0 Å². The summed E-state index contributed by atoms with van der Waals surface area (Å²) in [6.45, 7) is 4.57. The van der Waals surface area contributed by atoms with Gasteiger partial charge in [0.15, 0.2) is 0 Å². The first kappa shape index (κ1) is 14.8. The first-order valence-electron chi connectivity index (χ1n) is 7.79. The molecule has 1 saturated carbocycles. The average molecular weight is 268 g/mol. The van der Waals surface area contributed by atoms with Gasteiger partial charge < -0.3 is 15.7 Å². The lowest BCUT2D eigenvalue weighted by Crippen LogP contribution is -2.43. The molecule has 2 fully saturated rings. The van der Waals surface area contributed by atoms with E-state index in [0.29, 0.717) is 24.9 Å². The van der Waals surface area contributed by atoms with Crippen LogP contribution in [-0.4, -0.2) is 35.7 Å². The molecule has 0 aromatic heterocycles. The lowest BCUT2D eigenvalue weighted by Gasteiger charge is -2.24. The third-order valence-corrected chi connectivity index (χ3v) is 4.69. The van der Waals surface area contributed by atoms with Crippen LogP contribution in [0, 0.1) is 11.8 Å². The summed E-state index contributed by atoms with van der Waals surface area (Å²) in [7, 11) is 0. The maximum atomic E-state index is 12.1. The van der Waals surface area contributed by atoms with Gasteiger partial charge in [0.2, 0.25) is 5.91 Å². The second-order valence-electron chi connectivity index (χ2n) is 6.50. The monoisotopic (exact) mass is 268 g/mol. The number of aliphatic hydroxyl groups is 1. The van der Waals surface area contributed by atoms with E-state index in [1.807, 2.05) is 13.8 Å². The van der Waals surface area contributed by atoms with E-state index in [1.165, 1.54) is 25.7 Å². The lowest BCUT2D eigenvalue weighted by atomic mass is 9.85. The predicted molar refractivity (Wildman–Crippen MR) is 75.8 cm³/mol. The summed E-state index contributed by atoms with van der Waals surface area (Å²) in [5, 5.41) is 16.1. The first-order valence-corrected chi connectivity index (χ1v) is 7.79. The van der Waals surface area contributed by atoms with E-state index in [-0.39, 0.29) is 24.0 Å². The van der Waals surface area contributed by atoms with Gasteiger partial charge in [-0.1, -0.05) is 26.7 Å². The fourth-order valence-corrected chi connectivity index (χ4v) is 3.32. The fraction of sp³-hybridized carbons (Fsp3) is 0.933. The molecule has 1 heterocycles.